The molecule has 1 heterocycles. The van der Waals surface area contributed by atoms with Gasteiger partial charge in [-0.25, -0.2) is 4.79 Å². The van der Waals surface area contributed by atoms with Gasteiger partial charge in [0.1, 0.15) is 0 Å². The summed E-state index contributed by atoms with van der Waals surface area (Å²) in [6.45, 7) is 2.23. The standard InChI is InChI=1S/C14H22N2O3/c1-3-4-5-10-6-8-11(9-7-10)12-15-16-13(19-12)14(17)18-2/h10-11H,3-9H2,1-2H3. The largest absolute Gasteiger partial charge is 0.462 e. The molecule has 0 unspecified atom stereocenters. The van der Waals surface area contributed by atoms with Gasteiger partial charge >= 0.3 is 11.9 Å². The van der Waals surface area contributed by atoms with Gasteiger partial charge in [-0.15, -0.1) is 10.2 Å². The highest BCUT2D eigenvalue weighted by molar-refractivity contribution is 5.83. The number of carbonyl (C=O) groups excluding carboxylic acids is 1. The zero-order valence-corrected chi connectivity index (χ0v) is 11.7. The second kappa shape index (κ2) is 6.68. The fraction of sp³-hybridized carbons (Fsp3) is 0.786. The van der Waals surface area contributed by atoms with Crippen molar-refractivity contribution in [3.05, 3.63) is 11.8 Å². The van der Waals surface area contributed by atoms with Gasteiger partial charge in [-0.2, -0.15) is 0 Å². The van der Waals surface area contributed by atoms with Crippen LogP contribution in [-0.2, 0) is 4.74 Å². The van der Waals surface area contributed by atoms with Crippen LogP contribution in [0.2, 0.25) is 0 Å². The molecule has 0 saturated heterocycles. The summed E-state index contributed by atoms with van der Waals surface area (Å²) in [5.41, 5.74) is 0. The van der Waals surface area contributed by atoms with Gasteiger partial charge in [0.05, 0.1) is 7.11 Å². The summed E-state index contributed by atoms with van der Waals surface area (Å²) >= 11 is 0. The SMILES string of the molecule is CCCCC1CCC(c2nnc(C(=O)OC)o2)CC1. The van der Waals surface area contributed by atoms with Crippen molar-refractivity contribution in [2.75, 3.05) is 7.11 Å². The maximum Gasteiger partial charge on any atom is 0.396 e. The molecule has 0 amide bonds. The minimum atomic E-state index is -0.560. The van der Waals surface area contributed by atoms with Crippen LogP contribution in [0.25, 0.3) is 0 Å². The minimum absolute atomic E-state index is 0.0365. The van der Waals surface area contributed by atoms with Crippen molar-refractivity contribution in [3.8, 4) is 0 Å². The summed E-state index contributed by atoms with van der Waals surface area (Å²) in [5.74, 6) is 1.15. The van der Waals surface area contributed by atoms with Crippen LogP contribution in [0.5, 0.6) is 0 Å². The van der Waals surface area contributed by atoms with E-state index in [4.69, 9.17) is 4.42 Å². The number of ether oxygens (including phenoxy) is 1. The number of esters is 1. The Kier molecular flexibility index (Phi) is 4.93. The lowest BCUT2D eigenvalue weighted by Gasteiger charge is -2.26. The molecule has 0 aromatic carbocycles. The van der Waals surface area contributed by atoms with Crippen molar-refractivity contribution in [2.24, 2.45) is 5.92 Å². The van der Waals surface area contributed by atoms with E-state index in [1.165, 1.54) is 39.2 Å². The number of hydrogen-bond donors (Lipinski definition) is 0. The third kappa shape index (κ3) is 3.55. The molecule has 1 saturated carbocycles. The lowest BCUT2D eigenvalue weighted by Crippen LogP contribution is -2.13. The molecule has 0 aliphatic heterocycles. The Morgan fingerprint density at radius 1 is 1.32 bits per heavy atom. The van der Waals surface area contributed by atoms with Gasteiger partial charge in [0.2, 0.25) is 5.89 Å². The van der Waals surface area contributed by atoms with E-state index in [2.05, 4.69) is 21.9 Å². The molecular formula is C14H22N2O3. The summed E-state index contributed by atoms with van der Waals surface area (Å²) in [6, 6.07) is 0. The minimum Gasteiger partial charge on any atom is -0.462 e. The van der Waals surface area contributed by atoms with Crippen molar-refractivity contribution < 1.29 is 13.9 Å². The third-order valence-corrected chi connectivity index (χ3v) is 3.96. The predicted molar refractivity (Wildman–Crippen MR) is 69.9 cm³/mol. The second-order valence-electron chi connectivity index (χ2n) is 5.30. The normalized spacial score (nSPS) is 23.3. The summed E-state index contributed by atoms with van der Waals surface area (Å²) in [7, 11) is 1.31. The van der Waals surface area contributed by atoms with Crippen LogP contribution in [0.15, 0.2) is 4.42 Å². The lowest BCUT2D eigenvalue weighted by molar-refractivity contribution is 0.0552. The monoisotopic (exact) mass is 266 g/mol. The maximum atomic E-state index is 11.3. The molecular weight excluding hydrogens is 244 g/mol. The molecule has 0 radical (unpaired) electrons. The first-order chi connectivity index (χ1) is 9.24. The van der Waals surface area contributed by atoms with E-state index < -0.39 is 5.97 Å². The molecule has 106 valence electrons. The summed E-state index contributed by atoms with van der Waals surface area (Å²) < 4.78 is 9.96. The number of hydrogen-bond acceptors (Lipinski definition) is 5. The van der Waals surface area contributed by atoms with Crippen LogP contribution in [0.4, 0.5) is 0 Å². The van der Waals surface area contributed by atoms with E-state index in [0.29, 0.717) is 11.8 Å². The van der Waals surface area contributed by atoms with Crippen molar-refractivity contribution in [1.29, 1.82) is 0 Å². The number of aromatic nitrogens is 2. The summed E-state index contributed by atoms with van der Waals surface area (Å²) in [4.78, 5) is 11.3. The zero-order valence-electron chi connectivity index (χ0n) is 11.7. The van der Waals surface area contributed by atoms with E-state index in [9.17, 15) is 4.79 Å². The highest BCUT2D eigenvalue weighted by Gasteiger charge is 2.27. The molecule has 0 spiro atoms. The van der Waals surface area contributed by atoms with Crippen LogP contribution in [0, 0.1) is 5.92 Å². The molecule has 1 aromatic heterocycles. The molecule has 1 aliphatic carbocycles. The molecule has 0 N–H and O–H groups in total. The van der Waals surface area contributed by atoms with Crippen molar-refractivity contribution in [1.82, 2.24) is 10.2 Å². The van der Waals surface area contributed by atoms with Gasteiger partial charge in [-0.05, 0) is 31.6 Å². The van der Waals surface area contributed by atoms with Gasteiger partial charge in [-0.1, -0.05) is 26.2 Å². The molecule has 5 nitrogen and oxygen atoms in total. The third-order valence-electron chi connectivity index (χ3n) is 3.96. The Hall–Kier alpha value is -1.39. The van der Waals surface area contributed by atoms with Gasteiger partial charge in [0.25, 0.3) is 0 Å². The Bertz CT molecular complexity index is 409. The van der Waals surface area contributed by atoms with Gasteiger partial charge < -0.3 is 9.15 Å². The fourth-order valence-electron chi connectivity index (χ4n) is 2.76. The maximum absolute atomic E-state index is 11.3. The molecule has 1 fully saturated rings. The smallest absolute Gasteiger partial charge is 0.396 e. The number of unbranched alkanes of at least 4 members (excludes halogenated alkanes) is 1. The van der Waals surface area contributed by atoms with Crippen molar-refractivity contribution in [3.63, 3.8) is 0 Å². The van der Waals surface area contributed by atoms with Crippen LogP contribution in [0.1, 0.15) is 74.4 Å². The number of methoxy groups -OCH3 is 1. The molecule has 5 heteroatoms. The van der Waals surface area contributed by atoms with Crippen LogP contribution in [-0.4, -0.2) is 23.3 Å². The van der Waals surface area contributed by atoms with Crippen LogP contribution < -0.4 is 0 Å². The lowest BCUT2D eigenvalue weighted by atomic mass is 9.80. The van der Waals surface area contributed by atoms with E-state index in [1.807, 2.05) is 0 Å². The Morgan fingerprint density at radius 2 is 2.05 bits per heavy atom. The molecule has 1 aromatic rings. The van der Waals surface area contributed by atoms with Crippen molar-refractivity contribution >= 4 is 5.97 Å². The fourth-order valence-corrected chi connectivity index (χ4v) is 2.76. The first kappa shape index (κ1) is 14.0. The molecule has 0 bridgehead atoms. The van der Waals surface area contributed by atoms with E-state index in [0.717, 1.165) is 18.8 Å². The summed E-state index contributed by atoms with van der Waals surface area (Å²) in [6.07, 6.45) is 8.53. The van der Waals surface area contributed by atoms with Gasteiger partial charge in [-0.3, -0.25) is 0 Å². The number of rotatable bonds is 5. The first-order valence-corrected chi connectivity index (χ1v) is 7.16. The topological polar surface area (TPSA) is 65.2 Å². The van der Waals surface area contributed by atoms with Gasteiger partial charge in [0, 0.05) is 5.92 Å². The van der Waals surface area contributed by atoms with Crippen molar-refractivity contribution in [2.45, 2.75) is 57.8 Å². The molecule has 0 atom stereocenters. The Labute approximate surface area is 113 Å². The highest BCUT2D eigenvalue weighted by atomic mass is 16.5. The number of carbonyl (C=O) groups is 1. The van der Waals surface area contributed by atoms with E-state index in [-0.39, 0.29) is 5.89 Å². The first-order valence-electron chi connectivity index (χ1n) is 7.16. The molecule has 19 heavy (non-hydrogen) atoms. The molecule has 1 aliphatic rings. The van der Waals surface area contributed by atoms with E-state index >= 15 is 0 Å². The van der Waals surface area contributed by atoms with Gasteiger partial charge in [0.15, 0.2) is 0 Å². The average molecular weight is 266 g/mol. The predicted octanol–water partition coefficient (Wildman–Crippen LogP) is 3.32. The second-order valence-corrected chi connectivity index (χ2v) is 5.30. The van der Waals surface area contributed by atoms with E-state index in [1.54, 1.807) is 0 Å². The number of nitrogens with zero attached hydrogens (tertiary/aromatic N) is 2. The summed E-state index contributed by atoms with van der Waals surface area (Å²) in [5, 5.41) is 7.72. The highest BCUT2D eigenvalue weighted by Crippen LogP contribution is 2.37. The Balaban J connectivity index is 1.87. The zero-order chi connectivity index (χ0) is 13.7. The average Bonchev–Trinajstić information content (AvgIpc) is 2.94. The van der Waals surface area contributed by atoms with Crippen LogP contribution >= 0.6 is 0 Å². The molecule has 2 rings (SSSR count). The quantitative estimate of drug-likeness (QED) is 0.765. The van der Waals surface area contributed by atoms with Crippen LogP contribution in [0.3, 0.4) is 0 Å². The Morgan fingerprint density at radius 3 is 2.68 bits per heavy atom.